The van der Waals surface area contributed by atoms with Gasteiger partial charge in [0.25, 0.3) is 0 Å². The number of rotatable bonds is 3. The van der Waals surface area contributed by atoms with Crippen molar-refractivity contribution in [2.75, 3.05) is 6.61 Å². The lowest BCUT2D eigenvalue weighted by atomic mass is 10.1. The number of nitriles is 1. The van der Waals surface area contributed by atoms with Gasteiger partial charge in [-0.1, -0.05) is 6.07 Å². The van der Waals surface area contributed by atoms with Crippen molar-refractivity contribution < 1.29 is 17.9 Å². The van der Waals surface area contributed by atoms with Gasteiger partial charge in [-0.2, -0.15) is 18.4 Å². The van der Waals surface area contributed by atoms with Crippen molar-refractivity contribution in [3.05, 3.63) is 29.3 Å². The summed E-state index contributed by atoms with van der Waals surface area (Å²) in [4.78, 5) is 0. The Bertz CT molecular complexity index is 410. The summed E-state index contributed by atoms with van der Waals surface area (Å²) >= 11 is 0. The topological polar surface area (TPSA) is 59.0 Å². The molecule has 0 aliphatic heterocycles. The van der Waals surface area contributed by atoms with Gasteiger partial charge in [-0.25, -0.2) is 0 Å². The van der Waals surface area contributed by atoms with Crippen molar-refractivity contribution in [1.29, 1.82) is 5.26 Å². The van der Waals surface area contributed by atoms with Crippen LogP contribution in [-0.4, -0.2) is 12.8 Å². The fourth-order valence-corrected chi connectivity index (χ4v) is 1.09. The minimum Gasteiger partial charge on any atom is -0.484 e. The van der Waals surface area contributed by atoms with Crippen molar-refractivity contribution in [1.82, 2.24) is 0 Å². The van der Waals surface area contributed by atoms with E-state index in [0.29, 0.717) is 5.56 Å². The standard InChI is InChI=1S/C10H9F3N2O/c11-10(12,13)6-16-9-3-7(4-14)1-2-8(9)5-15/h1-3H,5-6,15H2. The van der Waals surface area contributed by atoms with Gasteiger partial charge in [-0.3, -0.25) is 0 Å². The Labute approximate surface area is 90.2 Å². The molecule has 3 nitrogen and oxygen atoms in total. The largest absolute Gasteiger partial charge is 0.484 e. The average molecular weight is 230 g/mol. The van der Waals surface area contributed by atoms with E-state index < -0.39 is 12.8 Å². The Morgan fingerprint density at radius 3 is 2.56 bits per heavy atom. The molecule has 1 rings (SSSR count). The first kappa shape index (κ1) is 12.3. The predicted octanol–water partition coefficient (Wildman–Crippen LogP) is 1.96. The second-order valence-corrected chi connectivity index (χ2v) is 3.04. The molecule has 0 amide bonds. The number of ether oxygens (including phenoxy) is 1. The van der Waals surface area contributed by atoms with E-state index >= 15 is 0 Å². The van der Waals surface area contributed by atoms with Crippen molar-refractivity contribution in [3.8, 4) is 11.8 Å². The van der Waals surface area contributed by atoms with Crippen LogP contribution in [0.2, 0.25) is 0 Å². The molecule has 0 saturated carbocycles. The van der Waals surface area contributed by atoms with Crippen LogP contribution in [-0.2, 0) is 6.54 Å². The average Bonchev–Trinajstić information content (AvgIpc) is 2.25. The third kappa shape index (κ3) is 3.44. The fraction of sp³-hybridized carbons (Fsp3) is 0.300. The molecule has 0 aliphatic rings. The molecule has 0 atom stereocenters. The maximum absolute atomic E-state index is 11.9. The number of nitrogens with two attached hydrogens (primary N) is 1. The molecule has 1 aromatic carbocycles. The van der Waals surface area contributed by atoms with Crippen molar-refractivity contribution in [2.24, 2.45) is 5.73 Å². The van der Waals surface area contributed by atoms with Gasteiger partial charge in [-0.05, 0) is 12.1 Å². The summed E-state index contributed by atoms with van der Waals surface area (Å²) < 4.78 is 40.4. The first-order valence-corrected chi connectivity index (χ1v) is 4.39. The lowest BCUT2D eigenvalue weighted by Crippen LogP contribution is -2.20. The Hall–Kier alpha value is -1.74. The van der Waals surface area contributed by atoms with E-state index in [-0.39, 0.29) is 17.9 Å². The van der Waals surface area contributed by atoms with E-state index in [1.807, 2.05) is 6.07 Å². The second-order valence-electron chi connectivity index (χ2n) is 3.04. The quantitative estimate of drug-likeness (QED) is 0.863. The molecule has 0 bridgehead atoms. The van der Waals surface area contributed by atoms with E-state index in [4.69, 9.17) is 11.0 Å². The highest BCUT2D eigenvalue weighted by Crippen LogP contribution is 2.23. The Morgan fingerprint density at radius 1 is 1.38 bits per heavy atom. The van der Waals surface area contributed by atoms with Crippen molar-refractivity contribution in [3.63, 3.8) is 0 Å². The molecule has 16 heavy (non-hydrogen) atoms. The van der Waals surface area contributed by atoms with Crippen LogP contribution < -0.4 is 10.5 Å². The Balaban J connectivity index is 2.88. The molecule has 6 heteroatoms. The van der Waals surface area contributed by atoms with Crippen LogP contribution in [0.5, 0.6) is 5.75 Å². The number of hydrogen-bond acceptors (Lipinski definition) is 3. The first-order valence-electron chi connectivity index (χ1n) is 4.39. The van der Waals surface area contributed by atoms with Gasteiger partial charge in [-0.15, -0.1) is 0 Å². The van der Waals surface area contributed by atoms with Gasteiger partial charge in [0.2, 0.25) is 0 Å². The maximum atomic E-state index is 11.9. The lowest BCUT2D eigenvalue weighted by molar-refractivity contribution is -0.153. The molecule has 2 N–H and O–H groups in total. The highest BCUT2D eigenvalue weighted by molar-refractivity contribution is 5.42. The number of alkyl halides is 3. The monoisotopic (exact) mass is 230 g/mol. The van der Waals surface area contributed by atoms with Crippen molar-refractivity contribution in [2.45, 2.75) is 12.7 Å². The molecule has 0 aromatic heterocycles. The molecule has 0 spiro atoms. The zero-order valence-corrected chi connectivity index (χ0v) is 8.21. The van der Waals surface area contributed by atoms with Crippen LogP contribution in [0.1, 0.15) is 11.1 Å². The Kier molecular flexibility index (Phi) is 3.74. The van der Waals surface area contributed by atoms with Crippen LogP contribution in [0.3, 0.4) is 0 Å². The number of nitrogens with zero attached hydrogens (tertiary/aromatic N) is 1. The van der Waals surface area contributed by atoms with Gasteiger partial charge in [0.1, 0.15) is 5.75 Å². The summed E-state index contributed by atoms with van der Waals surface area (Å²) in [5.74, 6) is -0.00104. The summed E-state index contributed by atoms with van der Waals surface area (Å²) in [6.07, 6.45) is -4.41. The molecule has 0 unspecified atom stereocenters. The second kappa shape index (κ2) is 4.86. The molecule has 86 valence electrons. The molecule has 0 aliphatic carbocycles. The number of halogens is 3. The van der Waals surface area contributed by atoms with Crippen LogP contribution >= 0.6 is 0 Å². The summed E-state index contributed by atoms with van der Waals surface area (Å²) in [6, 6.07) is 6.01. The van der Waals surface area contributed by atoms with E-state index in [2.05, 4.69) is 4.74 Å². The molecular weight excluding hydrogens is 221 g/mol. The molecular formula is C10H9F3N2O. The third-order valence-electron chi connectivity index (χ3n) is 1.81. The lowest BCUT2D eigenvalue weighted by Gasteiger charge is -2.12. The van der Waals surface area contributed by atoms with Gasteiger partial charge >= 0.3 is 6.18 Å². The SMILES string of the molecule is N#Cc1ccc(CN)c(OCC(F)(F)F)c1. The van der Waals surface area contributed by atoms with E-state index in [1.165, 1.54) is 18.2 Å². The molecule has 0 fully saturated rings. The molecule has 0 radical (unpaired) electrons. The van der Waals surface area contributed by atoms with Gasteiger partial charge in [0, 0.05) is 12.1 Å². The van der Waals surface area contributed by atoms with Crippen LogP contribution in [0.15, 0.2) is 18.2 Å². The third-order valence-corrected chi connectivity index (χ3v) is 1.81. The zero-order chi connectivity index (χ0) is 12.2. The highest BCUT2D eigenvalue weighted by atomic mass is 19.4. The minimum atomic E-state index is -4.41. The van der Waals surface area contributed by atoms with Gasteiger partial charge < -0.3 is 10.5 Å². The summed E-state index contributed by atoms with van der Waals surface area (Å²) in [7, 11) is 0. The smallest absolute Gasteiger partial charge is 0.422 e. The van der Waals surface area contributed by atoms with E-state index in [1.54, 1.807) is 0 Å². The van der Waals surface area contributed by atoms with Crippen LogP contribution in [0.4, 0.5) is 13.2 Å². The van der Waals surface area contributed by atoms with Gasteiger partial charge in [0.15, 0.2) is 6.61 Å². The number of hydrogen-bond donors (Lipinski definition) is 1. The fourth-order valence-electron chi connectivity index (χ4n) is 1.09. The number of benzene rings is 1. The first-order chi connectivity index (χ1) is 7.46. The molecule has 0 heterocycles. The van der Waals surface area contributed by atoms with Crippen LogP contribution in [0, 0.1) is 11.3 Å². The zero-order valence-electron chi connectivity index (χ0n) is 8.21. The summed E-state index contributed by atoms with van der Waals surface area (Å²) in [5.41, 5.74) is 6.00. The van der Waals surface area contributed by atoms with E-state index in [0.717, 1.165) is 0 Å². The Morgan fingerprint density at radius 2 is 2.06 bits per heavy atom. The minimum absolute atomic E-state index is 0.00104. The van der Waals surface area contributed by atoms with E-state index in [9.17, 15) is 13.2 Å². The van der Waals surface area contributed by atoms with Crippen molar-refractivity contribution >= 4 is 0 Å². The molecule has 0 saturated heterocycles. The predicted molar refractivity (Wildman–Crippen MR) is 50.6 cm³/mol. The summed E-state index contributed by atoms with van der Waals surface area (Å²) in [6.45, 7) is -1.34. The van der Waals surface area contributed by atoms with Crippen LogP contribution in [0.25, 0.3) is 0 Å². The maximum Gasteiger partial charge on any atom is 0.422 e. The molecule has 1 aromatic rings. The normalized spacial score (nSPS) is 10.9. The van der Waals surface area contributed by atoms with Gasteiger partial charge in [0.05, 0.1) is 11.6 Å². The summed E-state index contributed by atoms with van der Waals surface area (Å²) in [5, 5.41) is 8.59. The highest BCUT2D eigenvalue weighted by Gasteiger charge is 2.28.